The Labute approximate surface area is 168 Å². The normalized spacial score (nSPS) is 11.9. The lowest BCUT2D eigenvalue weighted by Crippen LogP contribution is -2.07. The van der Waals surface area contributed by atoms with Crippen molar-refractivity contribution in [3.63, 3.8) is 0 Å². The molecule has 0 unspecified atom stereocenters. The molecular formula is C20H14F3N5O2. The fraction of sp³-hybridized carbons (Fsp3) is 0.150. The van der Waals surface area contributed by atoms with Gasteiger partial charge in [-0.2, -0.15) is 28.8 Å². The van der Waals surface area contributed by atoms with Crippen LogP contribution in [0.25, 0.3) is 23.0 Å². The Morgan fingerprint density at radius 3 is 2.67 bits per heavy atom. The minimum absolute atomic E-state index is 0.00630. The van der Waals surface area contributed by atoms with Gasteiger partial charge in [-0.15, -0.1) is 0 Å². The summed E-state index contributed by atoms with van der Waals surface area (Å²) in [5.74, 6) is 0.361. The fourth-order valence-corrected chi connectivity index (χ4v) is 2.77. The Bertz CT molecular complexity index is 1190. The lowest BCUT2D eigenvalue weighted by Gasteiger charge is -2.07. The van der Waals surface area contributed by atoms with Gasteiger partial charge in [0, 0.05) is 11.6 Å². The molecule has 0 aliphatic heterocycles. The van der Waals surface area contributed by atoms with E-state index in [1.807, 2.05) is 12.1 Å². The van der Waals surface area contributed by atoms with Crippen LogP contribution in [0.2, 0.25) is 0 Å². The van der Waals surface area contributed by atoms with Crippen LogP contribution in [0.1, 0.15) is 22.6 Å². The Kier molecular flexibility index (Phi) is 5.63. The van der Waals surface area contributed by atoms with Crippen molar-refractivity contribution in [2.75, 3.05) is 12.3 Å². The van der Waals surface area contributed by atoms with Crippen molar-refractivity contribution in [3.8, 4) is 23.5 Å². The summed E-state index contributed by atoms with van der Waals surface area (Å²) in [6.45, 7) is -0.222. The lowest BCUT2D eigenvalue weighted by atomic mass is 10.1. The summed E-state index contributed by atoms with van der Waals surface area (Å²) < 4.78 is 45.5. The fourth-order valence-electron chi connectivity index (χ4n) is 2.77. The van der Waals surface area contributed by atoms with Crippen LogP contribution < -0.4 is 5.73 Å². The Morgan fingerprint density at radius 2 is 2.03 bits per heavy atom. The quantitative estimate of drug-likeness (QED) is 0.615. The number of rotatable bonds is 5. The zero-order chi connectivity index (χ0) is 21.9. The summed E-state index contributed by atoms with van der Waals surface area (Å²) in [7, 11) is 0. The number of nitrogens with two attached hydrogens (primary N) is 1. The number of nitrogen functional groups attached to an aromatic ring is 1. The molecule has 3 aromatic rings. The van der Waals surface area contributed by atoms with Gasteiger partial charge in [-0.05, 0) is 24.3 Å². The van der Waals surface area contributed by atoms with E-state index in [0.717, 1.165) is 12.1 Å². The molecule has 30 heavy (non-hydrogen) atoms. The van der Waals surface area contributed by atoms with E-state index in [0.29, 0.717) is 0 Å². The van der Waals surface area contributed by atoms with E-state index in [1.54, 1.807) is 0 Å². The number of allylic oxidation sites excluding steroid dienone is 1. The Morgan fingerprint density at radius 1 is 1.27 bits per heavy atom. The highest BCUT2D eigenvalue weighted by Crippen LogP contribution is 2.33. The molecule has 10 heteroatoms. The lowest BCUT2D eigenvalue weighted by molar-refractivity contribution is -0.137. The van der Waals surface area contributed by atoms with Gasteiger partial charge in [0.15, 0.2) is 0 Å². The molecule has 0 saturated heterocycles. The van der Waals surface area contributed by atoms with Crippen LogP contribution in [-0.4, -0.2) is 21.5 Å². The first-order chi connectivity index (χ1) is 14.3. The molecule has 2 aromatic heterocycles. The molecule has 7 nitrogen and oxygen atoms in total. The van der Waals surface area contributed by atoms with E-state index in [9.17, 15) is 23.7 Å². The number of alkyl halides is 3. The summed E-state index contributed by atoms with van der Waals surface area (Å²) >= 11 is 0. The second-order valence-electron chi connectivity index (χ2n) is 6.12. The van der Waals surface area contributed by atoms with Gasteiger partial charge in [-0.3, -0.25) is 0 Å². The predicted octanol–water partition coefficient (Wildman–Crippen LogP) is 3.67. The number of aliphatic hydroxyl groups excluding tert-OH is 1. The third-order valence-electron chi connectivity index (χ3n) is 4.18. The molecule has 152 valence electrons. The van der Waals surface area contributed by atoms with E-state index < -0.39 is 11.7 Å². The van der Waals surface area contributed by atoms with Gasteiger partial charge < -0.3 is 15.3 Å². The number of furan rings is 1. The van der Waals surface area contributed by atoms with Crippen molar-refractivity contribution < 1.29 is 22.7 Å². The minimum Gasteiger partial charge on any atom is -0.457 e. The molecular weight excluding hydrogens is 399 g/mol. The highest BCUT2D eigenvalue weighted by molar-refractivity contribution is 5.90. The van der Waals surface area contributed by atoms with Crippen molar-refractivity contribution in [3.05, 3.63) is 59.0 Å². The first-order valence-electron chi connectivity index (χ1n) is 8.55. The average molecular weight is 413 g/mol. The van der Waals surface area contributed by atoms with Gasteiger partial charge in [-0.25, -0.2) is 4.68 Å². The molecule has 0 aliphatic rings. The van der Waals surface area contributed by atoms with Crippen LogP contribution in [0.4, 0.5) is 19.0 Å². The van der Waals surface area contributed by atoms with Gasteiger partial charge in [0.1, 0.15) is 40.7 Å². The van der Waals surface area contributed by atoms with E-state index >= 15 is 0 Å². The topological polar surface area (TPSA) is 125 Å². The second-order valence-corrected chi connectivity index (χ2v) is 6.12. The zero-order valence-electron chi connectivity index (χ0n) is 15.3. The molecule has 0 amide bonds. The Hall–Kier alpha value is -4.02. The SMILES string of the molecule is N#C/C(=C\c1ccc(-c2cccc(C(F)(F)F)c2)o1)c1nn(CCO)c(N)c1C#N. The van der Waals surface area contributed by atoms with Gasteiger partial charge in [0.25, 0.3) is 0 Å². The molecule has 0 fully saturated rings. The monoisotopic (exact) mass is 413 g/mol. The second kappa shape index (κ2) is 8.15. The zero-order valence-corrected chi connectivity index (χ0v) is 15.3. The number of hydrogen-bond donors (Lipinski definition) is 2. The molecule has 0 aliphatic carbocycles. The molecule has 3 rings (SSSR count). The summed E-state index contributed by atoms with van der Waals surface area (Å²) in [6, 6.07) is 11.4. The molecule has 1 aromatic carbocycles. The van der Waals surface area contributed by atoms with Crippen molar-refractivity contribution in [2.24, 2.45) is 0 Å². The van der Waals surface area contributed by atoms with Crippen LogP contribution in [0.3, 0.4) is 0 Å². The van der Waals surface area contributed by atoms with E-state index in [2.05, 4.69) is 5.10 Å². The largest absolute Gasteiger partial charge is 0.457 e. The third kappa shape index (κ3) is 4.04. The summed E-state index contributed by atoms with van der Waals surface area (Å²) in [5.41, 5.74) is 5.20. The van der Waals surface area contributed by atoms with Crippen molar-refractivity contribution >= 4 is 17.5 Å². The molecule has 0 saturated carbocycles. The van der Waals surface area contributed by atoms with E-state index in [4.69, 9.17) is 15.3 Å². The first kappa shape index (κ1) is 20.7. The molecule has 3 N–H and O–H groups in total. The maximum atomic E-state index is 12.9. The van der Waals surface area contributed by atoms with Crippen LogP contribution in [0.15, 0.2) is 40.8 Å². The summed E-state index contributed by atoms with van der Waals surface area (Å²) in [4.78, 5) is 0. The van der Waals surface area contributed by atoms with E-state index in [-0.39, 0.29) is 52.9 Å². The number of hydrogen-bond acceptors (Lipinski definition) is 6. The van der Waals surface area contributed by atoms with Crippen LogP contribution in [0.5, 0.6) is 0 Å². The molecule has 2 heterocycles. The number of halogens is 3. The highest BCUT2D eigenvalue weighted by Gasteiger charge is 2.30. The van der Waals surface area contributed by atoms with Gasteiger partial charge in [0.2, 0.25) is 0 Å². The molecule has 0 bridgehead atoms. The maximum absolute atomic E-state index is 12.9. The summed E-state index contributed by atoms with van der Waals surface area (Å²) in [5, 5.41) is 32.0. The molecule has 0 radical (unpaired) electrons. The number of nitriles is 2. The van der Waals surface area contributed by atoms with Crippen molar-refractivity contribution in [2.45, 2.75) is 12.7 Å². The number of benzene rings is 1. The van der Waals surface area contributed by atoms with Gasteiger partial charge in [-0.1, -0.05) is 12.1 Å². The number of aromatic nitrogens is 2. The van der Waals surface area contributed by atoms with Crippen molar-refractivity contribution in [1.82, 2.24) is 9.78 Å². The van der Waals surface area contributed by atoms with Gasteiger partial charge in [0.05, 0.1) is 24.3 Å². The number of aliphatic hydroxyl groups is 1. The van der Waals surface area contributed by atoms with Crippen LogP contribution in [0, 0.1) is 22.7 Å². The predicted molar refractivity (Wildman–Crippen MR) is 101 cm³/mol. The third-order valence-corrected chi connectivity index (χ3v) is 4.18. The minimum atomic E-state index is -4.49. The average Bonchev–Trinajstić information content (AvgIpc) is 3.30. The van der Waals surface area contributed by atoms with Crippen molar-refractivity contribution in [1.29, 1.82) is 10.5 Å². The number of anilines is 1. The highest BCUT2D eigenvalue weighted by atomic mass is 19.4. The van der Waals surface area contributed by atoms with Crippen LogP contribution >= 0.6 is 0 Å². The molecule has 0 spiro atoms. The first-order valence-corrected chi connectivity index (χ1v) is 8.55. The molecule has 0 atom stereocenters. The summed E-state index contributed by atoms with van der Waals surface area (Å²) in [6.07, 6.45) is -3.18. The Balaban J connectivity index is 1.99. The number of nitrogens with zero attached hydrogens (tertiary/aromatic N) is 4. The smallest absolute Gasteiger partial charge is 0.416 e. The van der Waals surface area contributed by atoms with E-state index in [1.165, 1.54) is 35.0 Å². The van der Waals surface area contributed by atoms with Crippen LogP contribution in [-0.2, 0) is 12.7 Å². The maximum Gasteiger partial charge on any atom is 0.416 e. The van der Waals surface area contributed by atoms with Gasteiger partial charge >= 0.3 is 6.18 Å². The standard InChI is InChI=1S/C20H14F3N5O2/c21-20(22,23)14-3-1-2-12(8-14)17-5-4-15(30-17)9-13(10-24)18-16(11-25)19(26)28(27-18)6-7-29/h1-5,8-9,29H,6-7,26H2/b13-9+.